The molecule has 2 aromatic heterocycles. The third kappa shape index (κ3) is 4.17. The number of rotatable bonds is 6. The van der Waals surface area contributed by atoms with Crippen molar-refractivity contribution in [1.82, 2.24) is 24.5 Å². The summed E-state index contributed by atoms with van der Waals surface area (Å²) in [6, 6.07) is 0. The minimum absolute atomic E-state index is 0.171. The van der Waals surface area contributed by atoms with Crippen LogP contribution in [0.1, 0.15) is 26.7 Å². The summed E-state index contributed by atoms with van der Waals surface area (Å²) in [5.41, 5.74) is 0. The van der Waals surface area contributed by atoms with Gasteiger partial charge in [0, 0.05) is 18.9 Å². The minimum atomic E-state index is 0.171. The number of aromatic nitrogens is 5. The zero-order chi connectivity index (χ0) is 13.7. The lowest BCUT2D eigenvalue weighted by Gasteiger charge is -2.08. The van der Waals surface area contributed by atoms with Crippen molar-refractivity contribution in [3.05, 3.63) is 24.0 Å². The van der Waals surface area contributed by atoms with E-state index < -0.39 is 0 Å². The van der Waals surface area contributed by atoms with Crippen molar-refractivity contribution in [2.75, 3.05) is 11.9 Å². The van der Waals surface area contributed by atoms with E-state index >= 15 is 0 Å². The second-order valence-corrected chi connectivity index (χ2v) is 5.00. The Hall–Kier alpha value is -1.69. The molecule has 102 valence electrons. The van der Waals surface area contributed by atoms with Crippen LogP contribution in [0.2, 0.25) is 5.28 Å². The van der Waals surface area contributed by atoms with E-state index in [9.17, 15) is 0 Å². The fourth-order valence-corrected chi connectivity index (χ4v) is 1.78. The Bertz CT molecular complexity index is 511. The molecule has 0 unspecified atom stereocenters. The molecule has 0 spiro atoms. The fourth-order valence-electron chi connectivity index (χ4n) is 1.62. The van der Waals surface area contributed by atoms with E-state index in [2.05, 4.69) is 39.1 Å². The Morgan fingerprint density at radius 1 is 1.32 bits per heavy atom. The zero-order valence-corrected chi connectivity index (χ0v) is 11.8. The first-order valence-corrected chi connectivity index (χ1v) is 6.66. The van der Waals surface area contributed by atoms with Crippen LogP contribution in [0.15, 0.2) is 18.7 Å². The van der Waals surface area contributed by atoms with E-state index in [1.54, 1.807) is 23.3 Å². The third-order valence-electron chi connectivity index (χ3n) is 2.57. The highest BCUT2D eigenvalue weighted by Gasteiger charge is 2.06. The topological polar surface area (TPSA) is 68.5 Å². The van der Waals surface area contributed by atoms with Gasteiger partial charge in [0.25, 0.3) is 0 Å². The Kier molecular flexibility index (Phi) is 4.68. The normalized spacial score (nSPS) is 10.9. The molecule has 2 aromatic rings. The van der Waals surface area contributed by atoms with E-state index in [1.807, 2.05) is 0 Å². The first kappa shape index (κ1) is 13.7. The summed E-state index contributed by atoms with van der Waals surface area (Å²) in [6.45, 7) is 5.23. The molecule has 1 N–H and O–H groups in total. The highest BCUT2D eigenvalue weighted by atomic mass is 35.5. The van der Waals surface area contributed by atoms with Crippen molar-refractivity contribution in [2.24, 2.45) is 5.92 Å². The van der Waals surface area contributed by atoms with Gasteiger partial charge in [0.1, 0.15) is 6.33 Å². The Morgan fingerprint density at radius 3 is 2.84 bits per heavy atom. The SMILES string of the molecule is CC(C)CCCNc1nc(Cl)nc(-n2ccnc2)n1. The van der Waals surface area contributed by atoms with Gasteiger partial charge in [0.2, 0.25) is 17.2 Å². The van der Waals surface area contributed by atoms with Crippen LogP contribution in [0, 0.1) is 5.92 Å². The molecule has 0 bridgehead atoms. The van der Waals surface area contributed by atoms with Gasteiger partial charge in [-0.1, -0.05) is 13.8 Å². The van der Waals surface area contributed by atoms with Gasteiger partial charge >= 0.3 is 0 Å². The number of hydrogen-bond acceptors (Lipinski definition) is 5. The van der Waals surface area contributed by atoms with Crippen LogP contribution in [-0.2, 0) is 0 Å². The lowest BCUT2D eigenvalue weighted by Crippen LogP contribution is -2.10. The smallest absolute Gasteiger partial charge is 0.241 e. The number of halogens is 1. The summed E-state index contributed by atoms with van der Waals surface area (Å²) in [6.07, 6.45) is 7.28. The fraction of sp³-hybridized carbons (Fsp3) is 0.500. The highest BCUT2D eigenvalue weighted by Crippen LogP contribution is 2.10. The van der Waals surface area contributed by atoms with E-state index in [0.29, 0.717) is 17.8 Å². The van der Waals surface area contributed by atoms with Crippen molar-refractivity contribution < 1.29 is 0 Å². The van der Waals surface area contributed by atoms with Crippen LogP contribution in [-0.4, -0.2) is 31.0 Å². The van der Waals surface area contributed by atoms with Gasteiger partial charge in [-0.15, -0.1) is 0 Å². The number of hydrogen-bond donors (Lipinski definition) is 1. The molecule has 0 fully saturated rings. The summed E-state index contributed by atoms with van der Waals surface area (Å²) >= 11 is 5.89. The summed E-state index contributed by atoms with van der Waals surface area (Å²) in [4.78, 5) is 16.4. The van der Waals surface area contributed by atoms with Gasteiger partial charge < -0.3 is 5.32 Å². The van der Waals surface area contributed by atoms with Crippen LogP contribution in [0.4, 0.5) is 5.95 Å². The molecule has 6 nitrogen and oxygen atoms in total. The third-order valence-corrected chi connectivity index (χ3v) is 2.74. The molecule has 0 atom stereocenters. The predicted octanol–water partition coefficient (Wildman–Crippen LogP) is 2.56. The van der Waals surface area contributed by atoms with Gasteiger partial charge in [0.15, 0.2) is 0 Å². The van der Waals surface area contributed by atoms with Gasteiger partial charge in [-0.2, -0.15) is 15.0 Å². The van der Waals surface area contributed by atoms with E-state index in [4.69, 9.17) is 11.6 Å². The number of nitrogens with one attached hydrogen (secondary N) is 1. The Balaban J connectivity index is 2.01. The van der Waals surface area contributed by atoms with Crippen molar-refractivity contribution in [3.63, 3.8) is 0 Å². The van der Waals surface area contributed by atoms with Crippen LogP contribution >= 0.6 is 11.6 Å². The number of nitrogens with zero attached hydrogens (tertiary/aromatic N) is 5. The monoisotopic (exact) mass is 280 g/mol. The molecule has 0 saturated heterocycles. The molecular weight excluding hydrogens is 264 g/mol. The quantitative estimate of drug-likeness (QED) is 0.824. The van der Waals surface area contributed by atoms with Gasteiger partial charge in [0.05, 0.1) is 0 Å². The largest absolute Gasteiger partial charge is 0.354 e. The molecule has 0 amide bonds. The molecule has 0 aliphatic heterocycles. The van der Waals surface area contributed by atoms with Crippen molar-refractivity contribution >= 4 is 17.5 Å². The van der Waals surface area contributed by atoms with E-state index in [-0.39, 0.29) is 5.28 Å². The average Bonchev–Trinajstić information content (AvgIpc) is 2.87. The Morgan fingerprint density at radius 2 is 2.16 bits per heavy atom. The molecule has 0 aromatic carbocycles. The maximum Gasteiger partial charge on any atom is 0.241 e. The second-order valence-electron chi connectivity index (χ2n) is 4.66. The molecule has 0 saturated carbocycles. The van der Waals surface area contributed by atoms with Gasteiger partial charge in [-0.3, -0.25) is 4.57 Å². The molecule has 2 rings (SSSR count). The zero-order valence-electron chi connectivity index (χ0n) is 11.0. The average molecular weight is 281 g/mol. The first-order chi connectivity index (χ1) is 9.15. The second kappa shape index (κ2) is 6.47. The first-order valence-electron chi connectivity index (χ1n) is 6.29. The van der Waals surface area contributed by atoms with Crippen molar-refractivity contribution in [2.45, 2.75) is 26.7 Å². The molecule has 2 heterocycles. The van der Waals surface area contributed by atoms with E-state index in [0.717, 1.165) is 13.0 Å². The van der Waals surface area contributed by atoms with Crippen LogP contribution < -0.4 is 5.32 Å². The molecule has 19 heavy (non-hydrogen) atoms. The van der Waals surface area contributed by atoms with Crippen LogP contribution in [0.5, 0.6) is 0 Å². The Labute approximate surface area is 117 Å². The van der Waals surface area contributed by atoms with Gasteiger partial charge in [-0.05, 0) is 30.4 Å². The van der Waals surface area contributed by atoms with Crippen molar-refractivity contribution in [3.8, 4) is 5.95 Å². The summed E-state index contributed by atoms with van der Waals surface area (Å²) in [5.74, 6) is 1.65. The van der Waals surface area contributed by atoms with Crippen molar-refractivity contribution in [1.29, 1.82) is 0 Å². The van der Waals surface area contributed by atoms with E-state index in [1.165, 1.54) is 6.42 Å². The summed E-state index contributed by atoms with van der Waals surface area (Å²) < 4.78 is 1.69. The molecule has 0 aliphatic rings. The standard InChI is InChI=1S/C12H17ClN6/c1-9(2)4-3-5-15-11-16-10(13)17-12(18-11)19-7-6-14-8-19/h6-9H,3-5H2,1-2H3,(H,15,16,17,18). The molecule has 0 radical (unpaired) electrons. The van der Waals surface area contributed by atoms with Gasteiger partial charge in [-0.25, -0.2) is 4.98 Å². The molecule has 7 heteroatoms. The number of imidazole rings is 1. The predicted molar refractivity (Wildman–Crippen MR) is 74.5 cm³/mol. The lowest BCUT2D eigenvalue weighted by atomic mass is 10.1. The number of anilines is 1. The maximum atomic E-state index is 5.89. The molecular formula is C12H17ClN6. The minimum Gasteiger partial charge on any atom is -0.354 e. The highest BCUT2D eigenvalue weighted by molar-refractivity contribution is 6.28. The lowest BCUT2D eigenvalue weighted by molar-refractivity contribution is 0.566. The maximum absolute atomic E-state index is 5.89. The van der Waals surface area contributed by atoms with Crippen LogP contribution in [0.25, 0.3) is 5.95 Å². The van der Waals surface area contributed by atoms with Crippen LogP contribution in [0.3, 0.4) is 0 Å². The molecule has 0 aliphatic carbocycles. The summed E-state index contributed by atoms with van der Waals surface area (Å²) in [5, 5.41) is 3.33. The summed E-state index contributed by atoms with van der Waals surface area (Å²) in [7, 11) is 0.